The van der Waals surface area contributed by atoms with Crippen LogP contribution in [-0.4, -0.2) is 25.8 Å². The molecule has 0 radical (unpaired) electrons. The van der Waals surface area contributed by atoms with E-state index in [0.717, 1.165) is 18.2 Å². The Morgan fingerprint density at radius 3 is 2.50 bits per heavy atom. The van der Waals surface area contributed by atoms with E-state index in [1.165, 1.54) is 9.87 Å². The van der Waals surface area contributed by atoms with Gasteiger partial charge in [-0.1, -0.05) is 0 Å². The Hall–Kier alpha value is -1.31. The molecule has 2 aromatic rings. The molecule has 1 aromatic carbocycles. The minimum atomic E-state index is -3.99. The third-order valence-electron chi connectivity index (χ3n) is 3.98. The topological polar surface area (TPSA) is 37.4 Å². The van der Waals surface area contributed by atoms with Crippen LogP contribution in [0.5, 0.6) is 0 Å². The molecule has 3 rings (SSSR count). The third kappa shape index (κ3) is 2.93. The Bertz CT molecular complexity index is 752. The first kappa shape index (κ1) is 15.6. The molecule has 0 bridgehead atoms. The molecule has 1 aromatic heterocycles. The summed E-state index contributed by atoms with van der Waals surface area (Å²) in [4.78, 5) is -0.582. The second kappa shape index (κ2) is 6.06. The standard InChI is InChI=1S/C15H15F2NO2S2/c16-13-1-2-14(17)15(9-13)22(19,20)18-6-3-11(4-7-18)12-5-8-21-10-12/h1-2,5,8-11H,3-4,6-7H2. The number of rotatable bonds is 3. The van der Waals surface area contributed by atoms with Crippen LogP contribution in [0, 0.1) is 11.6 Å². The lowest BCUT2D eigenvalue weighted by Crippen LogP contribution is -2.38. The first-order chi connectivity index (χ1) is 10.5. The first-order valence-corrected chi connectivity index (χ1v) is 9.34. The molecule has 1 saturated heterocycles. The van der Waals surface area contributed by atoms with E-state index in [-0.39, 0.29) is 0 Å². The van der Waals surface area contributed by atoms with E-state index in [2.05, 4.69) is 5.38 Å². The summed E-state index contributed by atoms with van der Waals surface area (Å²) >= 11 is 1.62. The molecular weight excluding hydrogens is 328 g/mol. The van der Waals surface area contributed by atoms with Gasteiger partial charge in [0.1, 0.15) is 16.5 Å². The maximum Gasteiger partial charge on any atom is 0.246 e. The second-order valence-electron chi connectivity index (χ2n) is 5.31. The molecule has 0 atom stereocenters. The van der Waals surface area contributed by atoms with Gasteiger partial charge in [-0.2, -0.15) is 15.6 Å². The molecule has 0 N–H and O–H groups in total. The van der Waals surface area contributed by atoms with E-state index in [4.69, 9.17) is 0 Å². The minimum Gasteiger partial charge on any atom is -0.207 e. The highest BCUT2D eigenvalue weighted by molar-refractivity contribution is 7.89. The van der Waals surface area contributed by atoms with Gasteiger partial charge in [-0.3, -0.25) is 0 Å². The number of sulfonamides is 1. The van der Waals surface area contributed by atoms with Crippen LogP contribution in [0.4, 0.5) is 8.78 Å². The summed E-state index contributed by atoms with van der Waals surface area (Å²) < 4.78 is 53.2. The van der Waals surface area contributed by atoms with Crippen LogP contribution < -0.4 is 0 Å². The number of hydrogen-bond acceptors (Lipinski definition) is 3. The van der Waals surface area contributed by atoms with Crippen molar-refractivity contribution in [2.45, 2.75) is 23.7 Å². The normalized spacial score (nSPS) is 17.7. The number of piperidine rings is 1. The fourth-order valence-corrected chi connectivity index (χ4v) is 5.04. The quantitative estimate of drug-likeness (QED) is 0.854. The monoisotopic (exact) mass is 343 g/mol. The highest BCUT2D eigenvalue weighted by Crippen LogP contribution is 2.32. The van der Waals surface area contributed by atoms with Crippen LogP contribution in [0.2, 0.25) is 0 Å². The average Bonchev–Trinajstić information content (AvgIpc) is 3.04. The Morgan fingerprint density at radius 1 is 1.14 bits per heavy atom. The van der Waals surface area contributed by atoms with Crippen molar-refractivity contribution in [2.75, 3.05) is 13.1 Å². The maximum atomic E-state index is 13.7. The van der Waals surface area contributed by atoms with Crippen molar-refractivity contribution in [1.82, 2.24) is 4.31 Å². The largest absolute Gasteiger partial charge is 0.246 e. The van der Waals surface area contributed by atoms with Gasteiger partial charge < -0.3 is 0 Å². The summed E-state index contributed by atoms with van der Waals surface area (Å²) in [6.07, 6.45) is 1.37. The lowest BCUT2D eigenvalue weighted by atomic mass is 9.92. The Balaban J connectivity index is 1.79. The lowest BCUT2D eigenvalue weighted by Gasteiger charge is -2.31. The molecule has 22 heavy (non-hydrogen) atoms. The van der Waals surface area contributed by atoms with Gasteiger partial charge in [0.2, 0.25) is 10.0 Å². The van der Waals surface area contributed by atoms with Crippen molar-refractivity contribution in [3.63, 3.8) is 0 Å². The van der Waals surface area contributed by atoms with Crippen LogP contribution in [0.3, 0.4) is 0 Å². The summed E-state index contributed by atoms with van der Waals surface area (Å²) in [5.74, 6) is -1.34. The van der Waals surface area contributed by atoms with Crippen molar-refractivity contribution in [3.05, 3.63) is 52.2 Å². The van der Waals surface area contributed by atoms with Crippen LogP contribution in [0.15, 0.2) is 39.9 Å². The first-order valence-electron chi connectivity index (χ1n) is 6.96. The fraction of sp³-hybridized carbons (Fsp3) is 0.333. The van der Waals surface area contributed by atoms with E-state index in [9.17, 15) is 17.2 Å². The number of thiophene rings is 1. The van der Waals surface area contributed by atoms with Gasteiger partial charge in [-0.15, -0.1) is 0 Å². The molecule has 1 fully saturated rings. The lowest BCUT2D eigenvalue weighted by molar-refractivity contribution is 0.318. The molecule has 3 nitrogen and oxygen atoms in total. The SMILES string of the molecule is O=S(=O)(c1cc(F)ccc1F)N1CCC(c2ccsc2)CC1. The van der Waals surface area contributed by atoms with Gasteiger partial charge in [0, 0.05) is 13.1 Å². The summed E-state index contributed by atoms with van der Waals surface area (Å²) in [5, 5.41) is 4.07. The van der Waals surface area contributed by atoms with E-state index < -0.39 is 26.6 Å². The molecule has 0 saturated carbocycles. The van der Waals surface area contributed by atoms with E-state index in [0.29, 0.717) is 31.8 Å². The van der Waals surface area contributed by atoms with Crippen molar-refractivity contribution >= 4 is 21.4 Å². The zero-order valence-corrected chi connectivity index (χ0v) is 13.3. The molecule has 0 amide bonds. The molecule has 7 heteroatoms. The molecule has 118 valence electrons. The highest BCUT2D eigenvalue weighted by atomic mass is 32.2. The zero-order valence-electron chi connectivity index (χ0n) is 11.7. The molecule has 0 spiro atoms. The Morgan fingerprint density at radius 2 is 1.86 bits per heavy atom. The smallest absolute Gasteiger partial charge is 0.207 e. The average molecular weight is 343 g/mol. The van der Waals surface area contributed by atoms with Crippen molar-refractivity contribution < 1.29 is 17.2 Å². The predicted octanol–water partition coefficient (Wildman–Crippen LogP) is 3.59. The van der Waals surface area contributed by atoms with Crippen molar-refractivity contribution in [3.8, 4) is 0 Å². The summed E-state index contributed by atoms with van der Waals surface area (Å²) in [6.45, 7) is 0.637. The fourth-order valence-electron chi connectivity index (χ4n) is 2.75. The van der Waals surface area contributed by atoms with E-state index >= 15 is 0 Å². The Kier molecular flexibility index (Phi) is 4.29. The Labute approximate surface area is 132 Å². The van der Waals surface area contributed by atoms with E-state index in [1.54, 1.807) is 11.3 Å². The van der Waals surface area contributed by atoms with Gasteiger partial charge in [0.05, 0.1) is 0 Å². The van der Waals surface area contributed by atoms with Gasteiger partial charge in [0.15, 0.2) is 0 Å². The number of nitrogens with zero attached hydrogens (tertiary/aromatic N) is 1. The predicted molar refractivity (Wildman–Crippen MR) is 81.4 cm³/mol. The number of halogens is 2. The molecular formula is C15H15F2NO2S2. The summed E-state index contributed by atoms with van der Waals surface area (Å²) in [5.41, 5.74) is 1.22. The molecule has 1 aliphatic heterocycles. The maximum absolute atomic E-state index is 13.7. The summed E-state index contributed by atoms with van der Waals surface area (Å²) in [6, 6.07) is 4.55. The third-order valence-corrected chi connectivity index (χ3v) is 6.59. The van der Waals surface area contributed by atoms with Crippen molar-refractivity contribution in [1.29, 1.82) is 0 Å². The van der Waals surface area contributed by atoms with Gasteiger partial charge in [-0.25, -0.2) is 17.2 Å². The highest BCUT2D eigenvalue weighted by Gasteiger charge is 2.32. The molecule has 0 aliphatic carbocycles. The van der Waals surface area contributed by atoms with E-state index in [1.807, 2.05) is 11.4 Å². The van der Waals surface area contributed by atoms with Gasteiger partial charge >= 0.3 is 0 Å². The van der Waals surface area contributed by atoms with Gasteiger partial charge in [-0.05, 0) is 59.3 Å². The van der Waals surface area contributed by atoms with Crippen molar-refractivity contribution in [2.24, 2.45) is 0 Å². The second-order valence-corrected chi connectivity index (χ2v) is 8.00. The molecule has 2 heterocycles. The van der Waals surface area contributed by atoms with Gasteiger partial charge in [0.25, 0.3) is 0 Å². The van der Waals surface area contributed by atoms with Crippen LogP contribution in [0.25, 0.3) is 0 Å². The van der Waals surface area contributed by atoms with Crippen LogP contribution in [-0.2, 0) is 10.0 Å². The van der Waals surface area contributed by atoms with Crippen LogP contribution in [0.1, 0.15) is 24.3 Å². The number of benzene rings is 1. The molecule has 1 aliphatic rings. The van der Waals surface area contributed by atoms with Crippen LogP contribution >= 0.6 is 11.3 Å². The zero-order chi connectivity index (χ0) is 15.7. The summed E-state index contributed by atoms with van der Waals surface area (Å²) in [7, 11) is -3.99. The number of hydrogen-bond donors (Lipinski definition) is 0. The molecule has 0 unspecified atom stereocenters. The minimum absolute atomic E-state index is 0.318.